The molecule has 3 rings (SSSR count). The number of amides is 3. The molecule has 0 saturated heterocycles. The Bertz CT molecular complexity index is 832. The highest BCUT2D eigenvalue weighted by Crippen LogP contribution is 2.25. The number of halogens is 2. The fourth-order valence-electron chi connectivity index (χ4n) is 2.50. The van der Waals surface area contributed by atoms with Crippen molar-refractivity contribution in [3.63, 3.8) is 0 Å². The van der Waals surface area contributed by atoms with Crippen LogP contribution in [0.3, 0.4) is 0 Å². The topological polar surface area (TPSA) is 66.5 Å². The van der Waals surface area contributed by atoms with Gasteiger partial charge in [-0.2, -0.15) is 0 Å². The Morgan fingerprint density at radius 1 is 1.00 bits per heavy atom. The third-order valence-electron chi connectivity index (χ3n) is 3.78. The van der Waals surface area contributed by atoms with Crippen LogP contribution in [0.4, 0.5) is 14.5 Å². The standard InChI is InChI=1S/C17H12F2N2O3/c1-9(15(22)20-10-6-7-13(18)14(19)8-10)21-16(23)11-4-2-3-5-12(11)17(21)24/h2-9H,1H3,(H,20,22). The maximum absolute atomic E-state index is 13.2. The molecule has 0 aromatic heterocycles. The van der Waals surface area contributed by atoms with Crippen molar-refractivity contribution in [1.82, 2.24) is 4.90 Å². The fraction of sp³-hybridized carbons (Fsp3) is 0.118. The van der Waals surface area contributed by atoms with Crippen LogP contribution < -0.4 is 5.32 Å². The molecule has 3 amide bonds. The molecule has 0 aliphatic carbocycles. The Morgan fingerprint density at radius 3 is 2.12 bits per heavy atom. The predicted octanol–water partition coefficient (Wildman–Crippen LogP) is 2.59. The molecule has 0 fully saturated rings. The molecule has 0 saturated carbocycles. The number of fused-ring (bicyclic) bond motifs is 1. The van der Waals surface area contributed by atoms with Gasteiger partial charge in [0.2, 0.25) is 5.91 Å². The smallest absolute Gasteiger partial charge is 0.262 e. The van der Waals surface area contributed by atoms with Crippen LogP contribution in [0.2, 0.25) is 0 Å². The number of carbonyl (C=O) groups excluding carboxylic acids is 3. The van der Waals surface area contributed by atoms with Gasteiger partial charge < -0.3 is 5.32 Å². The third-order valence-corrected chi connectivity index (χ3v) is 3.78. The van der Waals surface area contributed by atoms with Crippen molar-refractivity contribution < 1.29 is 23.2 Å². The second-order valence-electron chi connectivity index (χ2n) is 5.32. The first-order chi connectivity index (χ1) is 11.4. The summed E-state index contributed by atoms with van der Waals surface area (Å²) in [5.74, 6) is -3.97. The molecule has 1 heterocycles. The van der Waals surface area contributed by atoms with Crippen molar-refractivity contribution in [3.05, 3.63) is 65.2 Å². The van der Waals surface area contributed by atoms with Gasteiger partial charge in [0.25, 0.3) is 11.8 Å². The minimum atomic E-state index is -1.11. The van der Waals surface area contributed by atoms with E-state index in [4.69, 9.17) is 0 Å². The summed E-state index contributed by atoms with van der Waals surface area (Å²) >= 11 is 0. The van der Waals surface area contributed by atoms with Gasteiger partial charge in [-0.3, -0.25) is 19.3 Å². The molecule has 2 aromatic carbocycles. The Balaban J connectivity index is 1.80. The number of nitrogens with one attached hydrogen (secondary N) is 1. The zero-order valence-corrected chi connectivity index (χ0v) is 12.5. The van der Waals surface area contributed by atoms with E-state index in [2.05, 4.69) is 5.32 Å². The van der Waals surface area contributed by atoms with Gasteiger partial charge in [0.05, 0.1) is 11.1 Å². The van der Waals surface area contributed by atoms with E-state index in [1.54, 1.807) is 12.1 Å². The summed E-state index contributed by atoms with van der Waals surface area (Å²) in [7, 11) is 0. The summed E-state index contributed by atoms with van der Waals surface area (Å²) in [4.78, 5) is 37.8. The number of hydrogen-bond donors (Lipinski definition) is 1. The summed E-state index contributed by atoms with van der Waals surface area (Å²) in [5.41, 5.74) is 0.493. The molecule has 24 heavy (non-hydrogen) atoms. The van der Waals surface area contributed by atoms with Gasteiger partial charge in [0.15, 0.2) is 11.6 Å². The van der Waals surface area contributed by atoms with Crippen molar-refractivity contribution in [2.75, 3.05) is 5.32 Å². The molecule has 2 aromatic rings. The van der Waals surface area contributed by atoms with Crippen LogP contribution in [0.15, 0.2) is 42.5 Å². The second kappa shape index (κ2) is 5.84. The van der Waals surface area contributed by atoms with E-state index in [0.717, 1.165) is 17.0 Å². The highest BCUT2D eigenvalue weighted by Gasteiger charge is 2.40. The SMILES string of the molecule is CC(C(=O)Nc1ccc(F)c(F)c1)N1C(=O)c2ccccc2C1=O. The summed E-state index contributed by atoms with van der Waals surface area (Å²) < 4.78 is 26.1. The van der Waals surface area contributed by atoms with E-state index in [1.807, 2.05) is 0 Å². The van der Waals surface area contributed by atoms with Crippen LogP contribution in [-0.2, 0) is 4.79 Å². The lowest BCUT2D eigenvalue weighted by atomic mass is 10.1. The van der Waals surface area contributed by atoms with Gasteiger partial charge in [-0.05, 0) is 31.2 Å². The Morgan fingerprint density at radius 2 is 1.58 bits per heavy atom. The Hall–Kier alpha value is -3.09. The Labute approximate surface area is 135 Å². The quantitative estimate of drug-likeness (QED) is 0.880. The molecule has 122 valence electrons. The maximum Gasteiger partial charge on any atom is 0.262 e. The lowest BCUT2D eigenvalue weighted by Gasteiger charge is -2.21. The first kappa shape index (κ1) is 15.8. The Kier molecular flexibility index (Phi) is 3.84. The molecule has 5 nitrogen and oxygen atoms in total. The number of imide groups is 1. The van der Waals surface area contributed by atoms with Crippen molar-refractivity contribution in [2.24, 2.45) is 0 Å². The summed E-state index contributed by atoms with van der Waals surface area (Å²) in [6.07, 6.45) is 0. The molecular weight excluding hydrogens is 318 g/mol. The zero-order chi connectivity index (χ0) is 17.4. The molecule has 1 N–H and O–H groups in total. The average Bonchev–Trinajstić information content (AvgIpc) is 2.82. The molecule has 1 aliphatic rings. The lowest BCUT2D eigenvalue weighted by Crippen LogP contribution is -2.45. The monoisotopic (exact) mass is 330 g/mol. The zero-order valence-electron chi connectivity index (χ0n) is 12.5. The fourth-order valence-corrected chi connectivity index (χ4v) is 2.50. The van der Waals surface area contributed by atoms with E-state index in [1.165, 1.54) is 25.1 Å². The highest BCUT2D eigenvalue weighted by atomic mass is 19.2. The number of carbonyl (C=O) groups is 3. The van der Waals surface area contributed by atoms with E-state index in [0.29, 0.717) is 0 Å². The summed E-state index contributed by atoms with van der Waals surface area (Å²) in [6, 6.07) is 8.04. The van der Waals surface area contributed by atoms with E-state index >= 15 is 0 Å². The maximum atomic E-state index is 13.2. The molecule has 0 radical (unpaired) electrons. The third kappa shape index (κ3) is 2.54. The molecule has 1 unspecified atom stereocenters. The number of hydrogen-bond acceptors (Lipinski definition) is 3. The second-order valence-corrected chi connectivity index (χ2v) is 5.32. The van der Waals surface area contributed by atoms with Crippen molar-refractivity contribution in [3.8, 4) is 0 Å². The van der Waals surface area contributed by atoms with Crippen molar-refractivity contribution in [1.29, 1.82) is 0 Å². The predicted molar refractivity (Wildman–Crippen MR) is 81.4 cm³/mol. The van der Waals surface area contributed by atoms with Crippen LogP contribution in [0.1, 0.15) is 27.6 Å². The van der Waals surface area contributed by atoms with E-state index in [-0.39, 0.29) is 16.8 Å². The van der Waals surface area contributed by atoms with Crippen LogP contribution in [0, 0.1) is 11.6 Å². The number of benzene rings is 2. The molecule has 0 bridgehead atoms. The molecule has 1 aliphatic heterocycles. The van der Waals surface area contributed by atoms with Gasteiger partial charge in [0.1, 0.15) is 6.04 Å². The number of anilines is 1. The van der Waals surface area contributed by atoms with Gasteiger partial charge in [-0.25, -0.2) is 8.78 Å². The first-order valence-corrected chi connectivity index (χ1v) is 7.13. The van der Waals surface area contributed by atoms with Crippen LogP contribution >= 0.6 is 0 Å². The van der Waals surface area contributed by atoms with Gasteiger partial charge in [-0.1, -0.05) is 12.1 Å². The average molecular weight is 330 g/mol. The first-order valence-electron chi connectivity index (χ1n) is 7.13. The number of rotatable bonds is 3. The van der Waals surface area contributed by atoms with Gasteiger partial charge >= 0.3 is 0 Å². The molecular formula is C17H12F2N2O3. The molecule has 0 spiro atoms. The van der Waals surface area contributed by atoms with Crippen molar-refractivity contribution in [2.45, 2.75) is 13.0 Å². The minimum Gasteiger partial charge on any atom is -0.324 e. The normalized spacial score (nSPS) is 14.5. The van der Waals surface area contributed by atoms with E-state index < -0.39 is 35.4 Å². The molecule has 1 atom stereocenters. The molecule has 7 heteroatoms. The van der Waals surface area contributed by atoms with Crippen LogP contribution in [-0.4, -0.2) is 28.7 Å². The number of nitrogens with zero attached hydrogens (tertiary/aromatic N) is 1. The van der Waals surface area contributed by atoms with E-state index in [9.17, 15) is 23.2 Å². The summed E-state index contributed by atoms with van der Waals surface area (Å²) in [6.45, 7) is 1.39. The summed E-state index contributed by atoms with van der Waals surface area (Å²) in [5, 5.41) is 2.36. The van der Waals surface area contributed by atoms with Crippen molar-refractivity contribution >= 4 is 23.4 Å². The van der Waals surface area contributed by atoms with Crippen LogP contribution in [0.25, 0.3) is 0 Å². The van der Waals surface area contributed by atoms with Gasteiger partial charge in [-0.15, -0.1) is 0 Å². The highest BCUT2D eigenvalue weighted by molar-refractivity contribution is 6.23. The lowest BCUT2D eigenvalue weighted by molar-refractivity contribution is -0.119. The minimum absolute atomic E-state index is 0.0300. The van der Waals surface area contributed by atoms with Crippen LogP contribution in [0.5, 0.6) is 0 Å². The largest absolute Gasteiger partial charge is 0.324 e. The van der Waals surface area contributed by atoms with Gasteiger partial charge in [0, 0.05) is 11.8 Å².